The van der Waals surface area contributed by atoms with E-state index in [0.717, 1.165) is 0 Å². The van der Waals surface area contributed by atoms with E-state index in [-0.39, 0.29) is 12.5 Å². The molecule has 9 heteroatoms. The summed E-state index contributed by atoms with van der Waals surface area (Å²) in [5.74, 6) is 0.987. The Hall–Kier alpha value is -3.00. The van der Waals surface area contributed by atoms with Crippen LogP contribution in [0.15, 0.2) is 49.3 Å². The lowest BCUT2D eigenvalue weighted by Crippen LogP contribution is -2.21. The van der Waals surface area contributed by atoms with Crippen molar-refractivity contribution in [2.24, 2.45) is 0 Å². The van der Waals surface area contributed by atoms with Crippen LogP contribution in [0.5, 0.6) is 5.75 Å². The number of carbonyl (C=O) groups is 1. The minimum Gasteiger partial charge on any atom is -0.484 e. The summed E-state index contributed by atoms with van der Waals surface area (Å²) < 4.78 is 6.81. The highest BCUT2D eigenvalue weighted by atomic mass is 35.5. The zero-order valence-electron chi connectivity index (χ0n) is 11.8. The van der Waals surface area contributed by atoms with E-state index >= 15 is 0 Å². The molecular weight excluding hydrogens is 320 g/mol. The van der Waals surface area contributed by atoms with E-state index in [9.17, 15) is 4.79 Å². The summed E-state index contributed by atoms with van der Waals surface area (Å²) in [7, 11) is 0. The molecule has 0 aliphatic rings. The van der Waals surface area contributed by atoms with Gasteiger partial charge in [0.15, 0.2) is 12.4 Å². The SMILES string of the molecule is O=C(COc1cccc(Cl)c1)Nc1cc(-n2cncn2)ncn1. The van der Waals surface area contributed by atoms with E-state index in [1.165, 1.54) is 23.7 Å². The number of carbonyl (C=O) groups excluding carboxylic acids is 1. The Kier molecular flexibility index (Phi) is 4.44. The second-order valence-electron chi connectivity index (χ2n) is 4.40. The fourth-order valence-corrected chi connectivity index (χ4v) is 1.93. The number of nitrogens with one attached hydrogen (secondary N) is 1. The van der Waals surface area contributed by atoms with Gasteiger partial charge < -0.3 is 10.1 Å². The lowest BCUT2D eigenvalue weighted by atomic mass is 10.3. The Morgan fingerprint density at radius 2 is 2.17 bits per heavy atom. The van der Waals surface area contributed by atoms with Crippen LogP contribution < -0.4 is 10.1 Å². The molecule has 1 amide bonds. The number of hydrogen-bond acceptors (Lipinski definition) is 6. The summed E-state index contributed by atoms with van der Waals surface area (Å²) in [4.78, 5) is 23.8. The van der Waals surface area contributed by atoms with Crippen LogP contribution in [0, 0.1) is 0 Å². The second-order valence-corrected chi connectivity index (χ2v) is 4.83. The van der Waals surface area contributed by atoms with Crippen molar-refractivity contribution in [3.63, 3.8) is 0 Å². The van der Waals surface area contributed by atoms with E-state index in [1.807, 2.05) is 0 Å². The molecule has 0 saturated heterocycles. The van der Waals surface area contributed by atoms with Gasteiger partial charge in [0.25, 0.3) is 5.91 Å². The van der Waals surface area contributed by atoms with Crippen LogP contribution in [0.2, 0.25) is 5.02 Å². The summed E-state index contributed by atoms with van der Waals surface area (Å²) in [6.45, 7) is -0.164. The van der Waals surface area contributed by atoms with Gasteiger partial charge in [0, 0.05) is 11.1 Å². The first kappa shape index (κ1) is 14.9. The number of benzene rings is 1. The van der Waals surface area contributed by atoms with E-state index in [1.54, 1.807) is 30.3 Å². The quantitative estimate of drug-likeness (QED) is 0.765. The summed E-state index contributed by atoms with van der Waals surface area (Å²) in [6, 6.07) is 8.38. The molecule has 0 spiro atoms. The molecule has 0 aliphatic carbocycles. The minimum absolute atomic E-state index is 0.164. The lowest BCUT2D eigenvalue weighted by Gasteiger charge is -2.08. The average molecular weight is 331 g/mol. The maximum atomic E-state index is 11.9. The monoisotopic (exact) mass is 330 g/mol. The van der Waals surface area contributed by atoms with Gasteiger partial charge >= 0.3 is 0 Å². The molecule has 2 aromatic heterocycles. The molecule has 2 heterocycles. The van der Waals surface area contributed by atoms with Crippen molar-refractivity contribution in [1.82, 2.24) is 24.7 Å². The maximum absolute atomic E-state index is 11.9. The molecule has 0 fully saturated rings. The van der Waals surface area contributed by atoms with Gasteiger partial charge in [-0.3, -0.25) is 4.79 Å². The molecule has 1 aromatic carbocycles. The average Bonchev–Trinajstić information content (AvgIpc) is 3.08. The number of ether oxygens (including phenoxy) is 1. The number of aromatic nitrogens is 5. The molecule has 8 nitrogen and oxygen atoms in total. The Morgan fingerprint density at radius 1 is 1.26 bits per heavy atom. The fraction of sp³-hybridized carbons (Fsp3) is 0.0714. The summed E-state index contributed by atoms with van der Waals surface area (Å²) in [5, 5.41) is 7.11. The highest BCUT2D eigenvalue weighted by molar-refractivity contribution is 6.30. The molecule has 23 heavy (non-hydrogen) atoms. The number of hydrogen-bond donors (Lipinski definition) is 1. The third-order valence-corrected chi connectivity index (χ3v) is 2.97. The van der Waals surface area contributed by atoms with Crippen molar-refractivity contribution in [3.05, 3.63) is 54.3 Å². The third kappa shape index (κ3) is 4.01. The third-order valence-electron chi connectivity index (χ3n) is 2.74. The van der Waals surface area contributed by atoms with Crippen LogP contribution in [0.4, 0.5) is 5.82 Å². The standard InChI is InChI=1S/C14H11ClN6O2/c15-10-2-1-3-11(4-10)23-6-14(22)20-12-5-13(18-8-17-12)21-9-16-7-19-21/h1-5,7-9H,6H2,(H,17,18,20,22). The molecule has 1 N–H and O–H groups in total. The van der Waals surface area contributed by atoms with E-state index in [2.05, 4.69) is 25.4 Å². The van der Waals surface area contributed by atoms with Gasteiger partial charge in [0.2, 0.25) is 0 Å². The number of anilines is 1. The fourth-order valence-electron chi connectivity index (χ4n) is 1.75. The smallest absolute Gasteiger partial charge is 0.263 e. The van der Waals surface area contributed by atoms with Crippen LogP contribution in [0.1, 0.15) is 0 Å². The zero-order chi connectivity index (χ0) is 16.1. The van der Waals surface area contributed by atoms with Crippen molar-refractivity contribution < 1.29 is 9.53 Å². The van der Waals surface area contributed by atoms with Crippen LogP contribution >= 0.6 is 11.6 Å². The molecule has 0 atom stereocenters. The summed E-state index contributed by atoms with van der Waals surface area (Å²) >= 11 is 5.85. The second kappa shape index (κ2) is 6.84. The molecule has 0 saturated carbocycles. The van der Waals surface area contributed by atoms with Crippen molar-refractivity contribution >= 4 is 23.3 Å². The zero-order valence-corrected chi connectivity index (χ0v) is 12.5. The van der Waals surface area contributed by atoms with Gasteiger partial charge in [0.05, 0.1) is 0 Å². The summed E-state index contributed by atoms with van der Waals surface area (Å²) in [5.41, 5.74) is 0. The first-order valence-electron chi connectivity index (χ1n) is 6.56. The highest BCUT2D eigenvalue weighted by Crippen LogP contribution is 2.17. The van der Waals surface area contributed by atoms with Crippen molar-refractivity contribution in [2.75, 3.05) is 11.9 Å². The van der Waals surface area contributed by atoms with E-state index in [0.29, 0.717) is 22.4 Å². The van der Waals surface area contributed by atoms with Gasteiger partial charge in [-0.1, -0.05) is 17.7 Å². The lowest BCUT2D eigenvalue weighted by molar-refractivity contribution is -0.118. The van der Waals surface area contributed by atoms with Crippen molar-refractivity contribution in [2.45, 2.75) is 0 Å². The predicted molar refractivity (Wildman–Crippen MR) is 82.5 cm³/mol. The largest absolute Gasteiger partial charge is 0.484 e. The molecule has 116 valence electrons. The molecular formula is C14H11ClN6O2. The molecule has 0 unspecified atom stereocenters. The molecule has 3 rings (SSSR count). The number of nitrogens with zero attached hydrogens (tertiary/aromatic N) is 5. The van der Waals surface area contributed by atoms with Crippen LogP contribution in [0.25, 0.3) is 5.82 Å². The van der Waals surface area contributed by atoms with Crippen LogP contribution in [-0.2, 0) is 4.79 Å². The first-order chi connectivity index (χ1) is 11.2. The van der Waals surface area contributed by atoms with Crippen molar-refractivity contribution in [1.29, 1.82) is 0 Å². The number of amides is 1. The van der Waals surface area contributed by atoms with Gasteiger partial charge in [-0.05, 0) is 18.2 Å². The molecule has 3 aromatic rings. The Bertz CT molecular complexity index is 809. The molecule has 0 bridgehead atoms. The van der Waals surface area contributed by atoms with Gasteiger partial charge in [-0.15, -0.1) is 0 Å². The van der Waals surface area contributed by atoms with Gasteiger partial charge in [-0.2, -0.15) is 5.10 Å². The Morgan fingerprint density at radius 3 is 2.96 bits per heavy atom. The summed E-state index contributed by atoms with van der Waals surface area (Å²) in [6.07, 6.45) is 4.21. The van der Waals surface area contributed by atoms with E-state index in [4.69, 9.17) is 16.3 Å². The Labute approximate surface area is 136 Å². The normalized spacial score (nSPS) is 10.3. The van der Waals surface area contributed by atoms with Crippen LogP contribution in [0.3, 0.4) is 0 Å². The van der Waals surface area contributed by atoms with Gasteiger partial charge in [0.1, 0.15) is 30.5 Å². The van der Waals surface area contributed by atoms with Crippen LogP contribution in [-0.4, -0.2) is 37.2 Å². The highest BCUT2D eigenvalue weighted by Gasteiger charge is 2.07. The molecule has 0 aliphatic heterocycles. The minimum atomic E-state index is -0.354. The number of halogens is 1. The molecule has 0 radical (unpaired) electrons. The maximum Gasteiger partial charge on any atom is 0.263 e. The van der Waals surface area contributed by atoms with Gasteiger partial charge in [-0.25, -0.2) is 19.6 Å². The van der Waals surface area contributed by atoms with E-state index < -0.39 is 0 Å². The number of rotatable bonds is 5. The topological polar surface area (TPSA) is 94.8 Å². The first-order valence-corrected chi connectivity index (χ1v) is 6.94. The Balaban J connectivity index is 1.61. The predicted octanol–water partition coefficient (Wildman–Crippen LogP) is 1.73. The van der Waals surface area contributed by atoms with Crippen molar-refractivity contribution in [3.8, 4) is 11.6 Å².